The monoisotopic (exact) mass is 231 g/mol. The molecule has 7 heteroatoms. The Morgan fingerprint density at radius 3 is 1.46 bits per heavy atom. The first-order valence-corrected chi connectivity index (χ1v) is 4.13. The van der Waals surface area contributed by atoms with E-state index in [4.69, 9.17) is 10.2 Å². The first-order valence-electron chi connectivity index (χ1n) is 3.38. The van der Waals surface area contributed by atoms with Gasteiger partial charge in [-0.15, -0.1) is 0 Å². The van der Waals surface area contributed by atoms with Crippen molar-refractivity contribution in [1.29, 1.82) is 0 Å². The van der Waals surface area contributed by atoms with E-state index >= 15 is 0 Å². The lowest BCUT2D eigenvalue weighted by molar-refractivity contribution is -0.127. The smallest absolute Gasteiger partial charge is 0.304 e. The van der Waals surface area contributed by atoms with Crippen molar-refractivity contribution >= 4 is 33.7 Å². The van der Waals surface area contributed by atoms with Crippen molar-refractivity contribution in [3.05, 3.63) is 0 Å². The van der Waals surface area contributed by atoms with Crippen molar-refractivity contribution in [1.82, 2.24) is 5.32 Å². The lowest BCUT2D eigenvalue weighted by atomic mass is 10.6. The first kappa shape index (κ1) is 15.3. The first-order chi connectivity index (χ1) is 6.06. The number of halogens is 2. The summed E-state index contributed by atoms with van der Waals surface area (Å²) in [5.41, 5.74) is 0. The van der Waals surface area contributed by atoms with Gasteiger partial charge in [-0.3, -0.25) is 9.59 Å². The summed E-state index contributed by atoms with van der Waals surface area (Å²) < 4.78 is 0. The van der Waals surface area contributed by atoms with E-state index in [0.717, 1.165) is 0 Å². The maximum absolute atomic E-state index is 9.43. The fourth-order valence-electron chi connectivity index (χ4n) is 0.283. The molecule has 0 aliphatic carbocycles. The van der Waals surface area contributed by atoms with E-state index in [-0.39, 0.29) is 13.2 Å². The number of aliphatic hydroxyl groups excluding tert-OH is 2. The van der Waals surface area contributed by atoms with Gasteiger partial charge in [0.15, 0.2) is 0 Å². The van der Waals surface area contributed by atoms with E-state index in [1.165, 1.54) is 0 Å². The summed E-state index contributed by atoms with van der Waals surface area (Å²) in [5, 5.41) is 16.8. The number of hydrogen-bond acceptors (Lipinski definition) is 5. The van der Waals surface area contributed by atoms with Gasteiger partial charge in [-0.05, 0) is 23.2 Å². The molecule has 0 saturated heterocycles. The van der Waals surface area contributed by atoms with Crippen LogP contribution in [0.3, 0.4) is 0 Å². The van der Waals surface area contributed by atoms with Gasteiger partial charge < -0.3 is 15.5 Å². The molecule has 0 spiro atoms. The van der Waals surface area contributed by atoms with Gasteiger partial charge in [0, 0.05) is 13.1 Å². The van der Waals surface area contributed by atoms with Gasteiger partial charge in [-0.1, -0.05) is 0 Å². The highest BCUT2D eigenvalue weighted by atomic mass is 35.5. The maximum Gasteiger partial charge on any atom is 0.304 e. The van der Waals surface area contributed by atoms with Crippen molar-refractivity contribution < 1.29 is 19.8 Å². The lowest BCUT2D eigenvalue weighted by Crippen LogP contribution is -2.21. The summed E-state index contributed by atoms with van der Waals surface area (Å²) in [6.45, 7) is 1.42. The quantitative estimate of drug-likeness (QED) is 0.324. The summed E-state index contributed by atoms with van der Waals surface area (Å²) in [4.78, 5) is 18.9. The van der Waals surface area contributed by atoms with Crippen LogP contribution in [0.15, 0.2) is 0 Å². The topological polar surface area (TPSA) is 86.6 Å². The normalized spacial score (nSPS) is 8.62. The zero-order valence-corrected chi connectivity index (χ0v) is 8.31. The van der Waals surface area contributed by atoms with Gasteiger partial charge in [0.05, 0.1) is 13.2 Å². The van der Waals surface area contributed by atoms with Crippen molar-refractivity contribution in [3.63, 3.8) is 0 Å². The summed E-state index contributed by atoms with van der Waals surface area (Å²) in [6, 6.07) is 0. The molecule has 0 aliphatic rings. The minimum Gasteiger partial charge on any atom is -0.395 e. The largest absolute Gasteiger partial charge is 0.395 e. The van der Waals surface area contributed by atoms with E-state index in [1.54, 1.807) is 0 Å². The Morgan fingerprint density at radius 2 is 1.31 bits per heavy atom. The number of nitrogens with one attached hydrogen (secondary N) is 1. The molecule has 3 N–H and O–H groups in total. The second-order valence-electron chi connectivity index (χ2n) is 1.74. The summed E-state index contributed by atoms with van der Waals surface area (Å²) in [7, 11) is 0. The van der Waals surface area contributed by atoms with Crippen LogP contribution in [0.4, 0.5) is 0 Å². The molecule has 13 heavy (non-hydrogen) atoms. The molecule has 0 aliphatic heterocycles. The predicted molar refractivity (Wildman–Crippen MR) is 48.8 cm³/mol. The maximum atomic E-state index is 9.43. The number of carbonyl (C=O) groups is 2. The molecule has 0 unspecified atom stereocenters. The molecule has 0 aromatic carbocycles. The van der Waals surface area contributed by atoms with Crippen LogP contribution in [-0.2, 0) is 9.59 Å². The van der Waals surface area contributed by atoms with Crippen molar-refractivity contribution in [2.45, 2.75) is 0 Å². The van der Waals surface area contributed by atoms with E-state index in [0.29, 0.717) is 13.1 Å². The van der Waals surface area contributed by atoms with Gasteiger partial charge in [0.25, 0.3) is 0 Å². The Hall–Kier alpha value is -0.200. The molecule has 0 heterocycles. The zero-order valence-electron chi connectivity index (χ0n) is 6.80. The number of carbonyl (C=O) groups excluding carboxylic acids is 2. The van der Waals surface area contributed by atoms with E-state index in [9.17, 15) is 9.59 Å². The van der Waals surface area contributed by atoms with Gasteiger partial charge in [0.1, 0.15) is 0 Å². The average molecular weight is 232 g/mol. The van der Waals surface area contributed by atoms with Crippen molar-refractivity contribution in [2.75, 3.05) is 26.3 Å². The fourth-order valence-corrected chi connectivity index (χ4v) is 0.283. The Bertz CT molecular complexity index is 138. The average Bonchev–Trinajstić information content (AvgIpc) is 2.06. The minimum absolute atomic E-state index is 0.139. The van der Waals surface area contributed by atoms with Crippen LogP contribution in [0.25, 0.3) is 0 Å². The molecular weight excluding hydrogens is 221 g/mol. The van der Waals surface area contributed by atoms with Crippen LogP contribution in [0.2, 0.25) is 0 Å². The van der Waals surface area contributed by atoms with Crippen LogP contribution >= 0.6 is 23.2 Å². The number of aliphatic hydroxyl groups is 2. The van der Waals surface area contributed by atoms with Gasteiger partial charge >= 0.3 is 10.5 Å². The van der Waals surface area contributed by atoms with E-state index < -0.39 is 10.5 Å². The highest BCUT2D eigenvalue weighted by Gasteiger charge is 2.01. The Morgan fingerprint density at radius 1 is 1.00 bits per heavy atom. The van der Waals surface area contributed by atoms with Crippen molar-refractivity contribution in [3.8, 4) is 0 Å². The third-order valence-electron chi connectivity index (χ3n) is 0.732. The standard InChI is InChI=1S/C4H11NO2.C2Cl2O2/c6-3-1-5-2-4-7;3-1(5)2(4)6/h5-7H,1-4H2;. The molecule has 0 fully saturated rings. The van der Waals surface area contributed by atoms with Crippen LogP contribution in [-0.4, -0.2) is 47.0 Å². The Balaban J connectivity index is 0. The highest BCUT2D eigenvalue weighted by Crippen LogP contribution is 1.84. The SMILES string of the molecule is O=C(Cl)C(=O)Cl.OCCNCCO. The van der Waals surface area contributed by atoms with E-state index in [2.05, 4.69) is 28.5 Å². The van der Waals surface area contributed by atoms with Gasteiger partial charge in [-0.2, -0.15) is 0 Å². The molecule has 0 rings (SSSR count). The Kier molecular flexibility index (Phi) is 13.9. The third kappa shape index (κ3) is 18.6. The lowest BCUT2D eigenvalue weighted by Gasteiger charge is -1.94. The van der Waals surface area contributed by atoms with Crippen LogP contribution in [0.5, 0.6) is 0 Å². The highest BCUT2D eigenvalue weighted by molar-refractivity contribution is 6.97. The molecule has 0 atom stereocenters. The minimum atomic E-state index is -1.14. The molecule has 0 aromatic heterocycles. The second-order valence-corrected chi connectivity index (χ2v) is 2.43. The van der Waals surface area contributed by atoms with Crippen LogP contribution in [0, 0.1) is 0 Å². The predicted octanol–water partition coefficient (Wildman–Crippen LogP) is -0.922. The summed E-state index contributed by atoms with van der Waals surface area (Å²) >= 11 is 8.98. The summed E-state index contributed by atoms with van der Waals surface area (Å²) in [5.74, 6) is 0. The molecule has 0 amide bonds. The number of rotatable bonds is 5. The molecule has 0 aromatic rings. The second kappa shape index (κ2) is 11.8. The fraction of sp³-hybridized carbons (Fsp3) is 0.667. The van der Waals surface area contributed by atoms with Crippen LogP contribution in [0.1, 0.15) is 0 Å². The van der Waals surface area contributed by atoms with Crippen LogP contribution < -0.4 is 5.32 Å². The third-order valence-corrected chi connectivity index (χ3v) is 1.17. The van der Waals surface area contributed by atoms with E-state index in [1.807, 2.05) is 0 Å². The van der Waals surface area contributed by atoms with Gasteiger partial charge in [-0.25, -0.2) is 0 Å². The molecule has 78 valence electrons. The van der Waals surface area contributed by atoms with Crippen molar-refractivity contribution in [2.24, 2.45) is 0 Å². The number of hydrogen-bond donors (Lipinski definition) is 3. The molecule has 0 saturated carbocycles. The molecule has 5 nitrogen and oxygen atoms in total. The summed E-state index contributed by atoms with van der Waals surface area (Å²) in [6.07, 6.45) is 0. The molecular formula is C6H11Cl2NO4. The molecule has 0 bridgehead atoms. The van der Waals surface area contributed by atoms with Gasteiger partial charge in [0.2, 0.25) is 0 Å². The molecule has 0 radical (unpaired) electrons. The zero-order chi connectivity index (χ0) is 10.7. The Labute approximate surface area is 85.6 Å².